The molecule has 2 aliphatic rings. The first-order valence-electron chi connectivity index (χ1n) is 7.28. The maximum absolute atomic E-state index is 6.83. The number of hydrogen-bond donors (Lipinski definition) is 1. The molecular formula is C16H23NO2. The van der Waals surface area contributed by atoms with E-state index in [1.54, 1.807) is 7.11 Å². The van der Waals surface area contributed by atoms with Crippen LogP contribution in [-0.2, 0) is 16.7 Å². The minimum Gasteiger partial charge on any atom is -0.497 e. The smallest absolute Gasteiger partial charge is 0.119 e. The van der Waals surface area contributed by atoms with Crippen molar-refractivity contribution in [2.45, 2.75) is 37.6 Å². The Bertz CT molecular complexity index is 454. The predicted molar refractivity (Wildman–Crippen MR) is 75.3 cm³/mol. The van der Waals surface area contributed by atoms with E-state index in [-0.39, 0.29) is 5.54 Å². The normalized spacial score (nSPS) is 30.7. The summed E-state index contributed by atoms with van der Waals surface area (Å²) in [6.07, 6.45) is 5.66. The maximum Gasteiger partial charge on any atom is 0.119 e. The van der Waals surface area contributed by atoms with Gasteiger partial charge < -0.3 is 15.2 Å². The number of fused-ring (bicyclic) bond motifs is 1. The largest absolute Gasteiger partial charge is 0.497 e. The standard InChI is InChI=1S/C16H23NO2/c1-18-14-7-6-12-4-2-8-16(17,15(12)10-14)13-5-3-9-19-11-13/h6-7,10,13H,2-5,8-9,11,17H2,1H3. The number of benzene rings is 1. The van der Waals surface area contributed by atoms with Crippen LogP contribution in [0.2, 0.25) is 0 Å². The lowest BCUT2D eigenvalue weighted by molar-refractivity contribution is 0.0151. The van der Waals surface area contributed by atoms with Gasteiger partial charge in [0.05, 0.1) is 13.7 Å². The van der Waals surface area contributed by atoms with E-state index in [9.17, 15) is 0 Å². The summed E-state index contributed by atoms with van der Waals surface area (Å²) in [5.41, 5.74) is 9.27. The third-order valence-electron chi connectivity index (χ3n) is 4.74. The van der Waals surface area contributed by atoms with Gasteiger partial charge in [-0.25, -0.2) is 0 Å². The molecule has 1 saturated heterocycles. The van der Waals surface area contributed by atoms with Gasteiger partial charge in [0.15, 0.2) is 0 Å². The van der Waals surface area contributed by atoms with Crippen molar-refractivity contribution in [1.82, 2.24) is 0 Å². The molecule has 3 heteroatoms. The van der Waals surface area contributed by atoms with Crippen LogP contribution in [0.5, 0.6) is 5.75 Å². The monoisotopic (exact) mass is 261 g/mol. The Hall–Kier alpha value is -1.06. The van der Waals surface area contributed by atoms with Gasteiger partial charge in [-0.05, 0) is 55.4 Å². The highest BCUT2D eigenvalue weighted by atomic mass is 16.5. The molecular weight excluding hydrogens is 238 g/mol. The molecule has 0 spiro atoms. The van der Waals surface area contributed by atoms with Crippen molar-refractivity contribution in [3.63, 3.8) is 0 Å². The summed E-state index contributed by atoms with van der Waals surface area (Å²) in [6, 6.07) is 6.36. The summed E-state index contributed by atoms with van der Waals surface area (Å²) in [5, 5.41) is 0. The highest BCUT2D eigenvalue weighted by Gasteiger charge is 2.40. The van der Waals surface area contributed by atoms with E-state index < -0.39 is 0 Å². The highest BCUT2D eigenvalue weighted by molar-refractivity contribution is 5.42. The summed E-state index contributed by atoms with van der Waals surface area (Å²) in [7, 11) is 1.71. The predicted octanol–water partition coefficient (Wildman–Crippen LogP) is 2.61. The molecule has 2 N–H and O–H groups in total. The molecule has 0 amide bonds. The molecule has 2 atom stereocenters. The van der Waals surface area contributed by atoms with E-state index in [0.29, 0.717) is 5.92 Å². The van der Waals surface area contributed by atoms with Crippen molar-refractivity contribution in [2.75, 3.05) is 20.3 Å². The molecule has 1 aliphatic heterocycles. The molecule has 104 valence electrons. The van der Waals surface area contributed by atoms with E-state index in [4.69, 9.17) is 15.2 Å². The van der Waals surface area contributed by atoms with E-state index in [0.717, 1.165) is 38.2 Å². The molecule has 0 radical (unpaired) electrons. The Balaban J connectivity index is 1.99. The molecule has 1 aromatic rings. The highest BCUT2D eigenvalue weighted by Crippen LogP contribution is 2.42. The second-order valence-electron chi connectivity index (χ2n) is 5.83. The molecule has 1 aromatic carbocycles. The fraction of sp³-hybridized carbons (Fsp3) is 0.625. The van der Waals surface area contributed by atoms with Crippen molar-refractivity contribution in [3.8, 4) is 5.75 Å². The lowest BCUT2D eigenvalue weighted by Crippen LogP contribution is -2.49. The van der Waals surface area contributed by atoms with Crippen molar-refractivity contribution < 1.29 is 9.47 Å². The van der Waals surface area contributed by atoms with Gasteiger partial charge in [0.2, 0.25) is 0 Å². The number of ether oxygens (including phenoxy) is 2. The van der Waals surface area contributed by atoms with Gasteiger partial charge in [-0.3, -0.25) is 0 Å². The number of aryl methyl sites for hydroxylation is 1. The average molecular weight is 261 g/mol. The zero-order valence-electron chi connectivity index (χ0n) is 11.7. The van der Waals surface area contributed by atoms with Crippen molar-refractivity contribution >= 4 is 0 Å². The lowest BCUT2D eigenvalue weighted by Gasteiger charge is -2.43. The van der Waals surface area contributed by atoms with Crippen LogP contribution >= 0.6 is 0 Å². The van der Waals surface area contributed by atoms with Crippen LogP contribution in [0.3, 0.4) is 0 Å². The Morgan fingerprint density at radius 3 is 3.00 bits per heavy atom. The fourth-order valence-electron chi connectivity index (χ4n) is 3.61. The summed E-state index contributed by atoms with van der Waals surface area (Å²) >= 11 is 0. The Labute approximate surface area is 115 Å². The molecule has 3 nitrogen and oxygen atoms in total. The van der Waals surface area contributed by atoms with Crippen LogP contribution in [0.25, 0.3) is 0 Å². The minimum absolute atomic E-state index is 0.234. The van der Waals surface area contributed by atoms with Gasteiger partial charge in [0, 0.05) is 18.1 Å². The summed E-state index contributed by atoms with van der Waals surface area (Å²) in [6.45, 7) is 1.69. The van der Waals surface area contributed by atoms with Crippen LogP contribution in [-0.4, -0.2) is 20.3 Å². The topological polar surface area (TPSA) is 44.5 Å². The molecule has 3 rings (SSSR count). The van der Waals surface area contributed by atoms with E-state index in [1.807, 2.05) is 6.07 Å². The number of nitrogens with two attached hydrogens (primary N) is 1. The van der Waals surface area contributed by atoms with Crippen LogP contribution in [0.1, 0.15) is 36.8 Å². The fourth-order valence-corrected chi connectivity index (χ4v) is 3.61. The third kappa shape index (κ3) is 2.26. The van der Waals surface area contributed by atoms with Crippen LogP contribution < -0.4 is 10.5 Å². The number of hydrogen-bond acceptors (Lipinski definition) is 3. The van der Waals surface area contributed by atoms with Crippen molar-refractivity contribution in [2.24, 2.45) is 11.7 Å². The minimum atomic E-state index is -0.234. The molecule has 1 heterocycles. The van der Waals surface area contributed by atoms with Gasteiger partial charge in [-0.15, -0.1) is 0 Å². The first-order valence-corrected chi connectivity index (χ1v) is 7.28. The average Bonchev–Trinajstić information content (AvgIpc) is 2.48. The van der Waals surface area contributed by atoms with Gasteiger partial charge in [-0.1, -0.05) is 6.07 Å². The molecule has 2 unspecified atom stereocenters. The zero-order valence-corrected chi connectivity index (χ0v) is 11.7. The number of rotatable bonds is 2. The van der Waals surface area contributed by atoms with Crippen LogP contribution in [0, 0.1) is 5.92 Å². The number of methoxy groups -OCH3 is 1. The van der Waals surface area contributed by atoms with Crippen LogP contribution in [0.4, 0.5) is 0 Å². The first-order chi connectivity index (χ1) is 9.24. The summed E-state index contributed by atoms with van der Waals surface area (Å²) in [5.74, 6) is 1.35. The van der Waals surface area contributed by atoms with E-state index in [1.165, 1.54) is 24.0 Å². The maximum atomic E-state index is 6.83. The SMILES string of the molecule is COc1ccc2c(c1)C(N)(C1CCCOC1)CCC2. The molecule has 0 bridgehead atoms. The quantitative estimate of drug-likeness (QED) is 0.890. The summed E-state index contributed by atoms with van der Waals surface area (Å²) < 4.78 is 11.0. The first kappa shape index (κ1) is 12.9. The molecule has 19 heavy (non-hydrogen) atoms. The molecule has 0 saturated carbocycles. The van der Waals surface area contributed by atoms with Gasteiger partial charge in [0.1, 0.15) is 5.75 Å². The molecule has 1 aliphatic carbocycles. The second kappa shape index (κ2) is 5.14. The summed E-state index contributed by atoms with van der Waals surface area (Å²) in [4.78, 5) is 0. The Morgan fingerprint density at radius 2 is 2.26 bits per heavy atom. The van der Waals surface area contributed by atoms with Gasteiger partial charge >= 0.3 is 0 Å². The second-order valence-corrected chi connectivity index (χ2v) is 5.83. The zero-order chi connectivity index (χ0) is 13.3. The van der Waals surface area contributed by atoms with E-state index in [2.05, 4.69) is 12.1 Å². The Kier molecular flexibility index (Phi) is 3.50. The lowest BCUT2D eigenvalue weighted by atomic mass is 9.68. The van der Waals surface area contributed by atoms with Gasteiger partial charge in [-0.2, -0.15) is 0 Å². The van der Waals surface area contributed by atoms with E-state index >= 15 is 0 Å². The van der Waals surface area contributed by atoms with Gasteiger partial charge in [0.25, 0.3) is 0 Å². The third-order valence-corrected chi connectivity index (χ3v) is 4.74. The van der Waals surface area contributed by atoms with Crippen molar-refractivity contribution in [1.29, 1.82) is 0 Å². The van der Waals surface area contributed by atoms with Crippen molar-refractivity contribution in [3.05, 3.63) is 29.3 Å². The van der Waals surface area contributed by atoms with Crippen LogP contribution in [0.15, 0.2) is 18.2 Å². The molecule has 1 fully saturated rings. The molecule has 0 aromatic heterocycles. The Morgan fingerprint density at radius 1 is 1.37 bits per heavy atom.